The van der Waals surface area contributed by atoms with Gasteiger partial charge in [0.25, 0.3) is 0 Å². The Balaban J connectivity index is 0.000000260. The molecule has 0 aromatic carbocycles. The van der Waals surface area contributed by atoms with Gasteiger partial charge >= 0.3 is 16.9 Å². The average molecular weight is 405 g/mol. The molecule has 0 spiro atoms. The largest absolute Gasteiger partial charge is 0.502 e. The number of aromatic amines is 1. The predicted octanol–water partition coefficient (Wildman–Crippen LogP) is 3.52. The number of aromatic hydroxyl groups is 1. The van der Waals surface area contributed by atoms with Crippen molar-refractivity contribution in [3.05, 3.63) is 63.3 Å². The highest BCUT2D eigenvalue weighted by atomic mass is 35.5. The Morgan fingerprint density at radius 1 is 1.00 bits per heavy atom. The number of hydrogen-bond donors (Lipinski definition) is 2. The van der Waals surface area contributed by atoms with Crippen molar-refractivity contribution in [3.63, 3.8) is 0 Å². The van der Waals surface area contributed by atoms with Crippen LogP contribution in [0.2, 0.25) is 10.2 Å². The second kappa shape index (κ2) is 8.11. The number of rotatable bonds is 2. The van der Waals surface area contributed by atoms with Gasteiger partial charge in [0.1, 0.15) is 5.02 Å². The van der Waals surface area contributed by atoms with Crippen molar-refractivity contribution in [2.24, 2.45) is 0 Å². The molecule has 2 aromatic heterocycles. The van der Waals surface area contributed by atoms with E-state index in [1.807, 2.05) is 0 Å². The number of aromatic nitrogens is 2. The zero-order valence-electron chi connectivity index (χ0n) is 14.1. The van der Waals surface area contributed by atoms with Gasteiger partial charge in [0.05, 0.1) is 9.85 Å². The summed E-state index contributed by atoms with van der Waals surface area (Å²) < 4.78 is 0. The van der Waals surface area contributed by atoms with Crippen molar-refractivity contribution in [3.8, 4) is 5.75 Å². The molecule has 0 saturated heterocycles. The first-order valence-corrected chi connectivity index (χ1v) is 7.69. The maximum Gasteiger partial charge on any atom is 0.375 e. The molecule has 0 saturated carbocycles. The summed E-state index contributed by atoms with van der Waals surface area (Å²) in [7, 11) is 0. The van der Waals surface area contributed by atoms with Crippen LogP contribution in [0.15, 0.2) is 4.79 Å². The molecule has 2 N–H and O–H groups in total. The summed E-state index contributed by atoms with van der Waals surface area (Å²) in [5.41, 5.74) is -0.0992. The summed E-state index contributed by atoms with van der Waals surface area (Å²) in [5, 5.41) is 30.0. The van der Waals surface area contributed by atoms with Crippen molar-refractivity contribution in [1.82, 2.24) is 9.97 Å². The van der Waals surface area contributed by atoms with Crippen LogP contribution in [0.5, 0.6) is 5.75 Å². The lowest BCUT2D eigenvalue weighted by atomic mass is 10.2. The van der Waals surface area contributed by atoms with E-state index in [1.165, 1.54) is 6.92 Å². The SMILES string of the molecule is Cc1[nH]c(=O)c([N+](=O)[O-])c(O)c1C.Cc1nc(Cl)c([N+](=O)[O-])c(Cl)c1C. The Hall–Kier alpha value is -2.72. The molecular formula is C14H14Cl2N4O6. The van der Waals surface area contributed by atoms with Gasteiger partial charge in [0.2, 0.25) is 10.9 Å². The van der Waals surface area contributed by atoms with Crippen molar-refractivity contribution in [1.29, 1.82) is 0 Å². The normalized spacial score (nSPS) is 10.1. The van der Waals surface area contributed by atoms with Crippen LogP contribution in [-0.4, -0.2) is 24.9 Å². The first-order chi connectivity index (χ1) is 11.9. The molecule has 2 rings (SSSR count). The molecule has 10 nitrogen and oxygen atoms in total. The lowest BCUT2D eigenvalue weighted by Gasteiger charge is -2.03. The van der Waals surface area contributed by atoms with Crippen LogP contribution in [0.1, 0.15) is 22.5 Å². The van der Waals surface area contributed by atoms with Crippen molar-refractivity contribution >= 4 is 34.6 Å². The summed E-state index contributed by atoms with van der Waals surface area (Å²) in [6.45, 7) is 6.40. The van der Waals surface area contributed by atoms with Crippen LogP contribution in [0.25, 0.3) is 0 Å². The molecule has 0 unspecified atom stereocenters. The molecule has 0 aliphatic rings. The van der Waals surface area contributed by atoms with Gasteiger partial charge in [0.15, 0.2) is 0 Å². The van der Waals surface area contributed by atoms with Crippen molar-refractivity contribution < 1.29 is 15.0 Å². The number of nitro groups is 2. The van der Waals surface area contributed by atoms with E-state index >= 15 is 0 Å². The van der Waals surface area contributed by atoms with Crippen LogP contribution in [0, 0.1) is 47.9 Å². The summed E-state index contributed by atoms with van der Waals surface area (Å²) in [5.74, 6) is -0.564. The van der Waals surface area contributed by atoms with Crippen LogP contribution in [-0.2, 0) is 0 Å². The van der Waals surface area contributed by atoms with Gasteiger partial charge in [-0.3, -0.25) is 25.0 Å². The summed E-state index contributed by atoms with van der Waals surface area (Å²) in [6.07, 6.45) is 0. The predicted molar refractivity (Wildman–Crippen MR) is 95.2 cm³/mol. The van der Waals surface area contributed by atoms with Gasteiger partial charge < -0.3 is 10.1 Å². The first kappa shape index (κ1) is 21.3. The van der Waals surface area contributed by atoms with Crippen molar-refractivity contribution in [2.45, 2.75) is 27.7 Å². The summed E-state index contributed by atoms with van der Waals surface area (Å²) in [6, 6.07) is 0. The van der Waals surface area contributed by atoms with E-state index in [-0.39, 0.29) is 15.9 Å². The molecule has 0 aliphatic carbocycles. The highest BCUT2D eigenvalue weighted by Crippen LogP contribution is 2.34. The minimum Gasteiger partial charge on any atom is -0.502 e. The van der Waals surface area contributed by atoms with E-state index in [9.17, 15) is 30.1 Å². The highest BCUT2D eigenvalue weighted by molar-refractivity contribution is 6.38. The second-order valence-electron chi connectivity index (χ2n) is 5.19. The molecule has 0 bridgehead atoms. The topological polar surface area (TPSA) is 152 Å². The zero-order valence-corrected chi connectivity index (χ0v) is 15.6. The van der Waals surface area contributed by atoms with E-state index in [2.05, 4.69) is 9.97 Å². The van der Waals surface area contributed by atoms with Gasteiger partial charge in [-0.1, -0.05) is 23.2 Å². The molecule has 0 fully saturated rings. The monoisotopic (exact) mass is 404 g/mol. The van der Waals surface area contributed by atoms with Gasteiger partial charge in [-0.15, -0.1) is 0 Å². The van der Waals surface area contributed by atoms with Gasteiger partial charge in [-0.05, 0) is 33.3 Å². The molecule has 0 aliphatic heterocycles. The number of aryl methyl sites for hydroxylation is 2. The third kappa shape index (κ3) is 4.27. The molecule has 0 amide bonds. The molecule has 140 valence electrons. The average Bonchev–Trinajstić information content (AvgIpc) is 2.50. The standard InChI is InChI=1S/C7H6Cl2N2O2.C7H8N2O4/c1-3-4(2)10-7(9)6(5(3)8)11(12)13;1-3-4(2)8-7(11)5(6(3)10)9(12)13/h1-2H3;1-2H3,(H2,8,10,11). The van der Waals surface area contributed by atoms with Gasteiger partial charge in [-0.25, -0.2) is 4.98 Å². The maximum absolute atomic E-state index is 11.0. The molecule has 0 atom stereocenters. The number of H-pyrrole nitrogens is 1. The quantitative estimate of drug-likeness (QED) is 0.440. The highest BCUT2D eigenvalue weighted by Gasteiger charge is 2.23. The summed E-state index contributed by atoms with van der Waals surface area (Å²) in [4.78, 5) is 36.4. The first-order valence-electron chi connectivity index (χ1n) is 6.93. The fraction of sp³-hybridized carbons (Fsp3) is 0.286. The van der Waals surface area contributed by atoms with Crippen LogP contribution >= 0.6 is 23.2 Å². The number of halogens is 2. The van der Waals surface area contributed by atoms with E-state index in [0.717, 1.165) is 0 Å². The Kier molecular flexibility index (Phi) is 6.65. The van der Waals surface area contributed by atoms with Crippen molar-refractivity contribution in [2.75, 3.05) is 0 Å². The zero-order chi connectivity index (χ0) is 20.3. The lowest BCUT2D eigenvalue weighted by molar-refractivity contribution is -0.387. The van der Waals surface area contributed by atoms with Crippen LogP contribution in [0.4, 0.5) is 11.4 Å². The van der Waals surface area contributed by atoms with E-state index in [0.29, 0.717) is 22.5 Å². The fourth-order valence-electron chi connectivity index (χ4n) is 1.82. The maximum atomic E-state index is 11.0. The number of hydrogen-bond acceptors (Lipinski definition) is 7. The molecule has 12 heteroatoms. The van der Waals surface area contributed by atoms with Gasteiger partial charge in [-0.2, -0.15) is 0 Å². The Morgan fingerprint density at radius 3 is 1.96 bits per heavy atom. The minimum absolute atomic E-state index is 0.0579. The molecule has 26 heavy (non-hydrogen) atoms. The number of pyridine rings is 2. The molecule has 2 heterocycles. The second-order valence-corrected chi connectivity index (χ2v) is 5.93. The van der Waals surface area contributed by atoms with Gasteiger partial charge in [0, 0.05) is 17.0 Å². The third-order valence-electron chi connectivity index (χ3n) is 3.56. The number of nitrogens with zero attached hydrogens (tertiary/aromatic N) is 3. The molecular weight excluding hydrogens is 391 g/mol. The van der Waals surface area contributed by atoms with E-state index in [4.69, 9.17) is 23.2 Å². The number of nitrogens with one attached hydrogen (secondary N) is 1. The smallest absolute Gasteiger partial charge is 0.375 e. The lowest BCUT2D eigenvalue weighted by Crippen LogP contribution is -2.13. The van der Waals surface area contributed by atoms with Crippen LogP contribution < -0.4 is 5.56 Å². The summed E-state index contributed by atoms with van der Waals surface area (Å²) >= 11 is 11.3. The van der Waals surface area contributed by atoms with E-state index < -0.39 is 26.8 Å². The van der Waals surface area contributed by atoms with E-state index in [1.54, 1.807) is 20.8 Å². The molecule has 2 aromatic rings. The third-order valence-corrected chi connectivity index (χ3v) is 4.29. The Bertz CT molecular complexity index is 958. The Labute approximate surface area is 156 Å². The van der Waals surface area contributed by atoms with Crippen LogP contribution in [0.3, 0.4) is 0 Å². The molecule has 0 radical (unpaired) electrons. The Morgan fingerprint density at radius 2 is 1.50 bits per heavy atom. The minimum atomic E-state index is -0.902. The fourth-order valence-corrected chi connectivity index (χ4v) is 2.46.